The molecule has 0 aromatic heterocycles. The number of anilines is 1. The molecule has 0 radical (unpaired) electrons. The van der Waals surface area contributed by atoms with Gasteiger partial charge in [0.25, 0.3) is 0 Å². The Morgan fingerprint density at radius 2 is 2.14 bits per heavy atom. The van der Waals surface area contributed by atoms with Crippen LogP contribution < -0.4 is 4.90 Å². The number of carbonyl (C=O) groups is 2. The maximum absolute atomic E-state index is 12.4. The van der Waals surface area contributed by atoms with Crippen LogP contribution in [0.15, 0.2) is 16.6 Å². The van der Waals surface area contributed by atoms with Crippen LogP contribution in [0.2, 0.25) is 0 Å². The fourth-order valence-corrected chi connectivity index (χ4v) is 4.69. The molecule has 0 spiro atoms. The number of amides is 1. The highest BCUT2D eigenvalue weighted by Crippen LogP contribution is 2.48. The quantitative estimate of drug-likeness (QED) is 0.768. The summed E-state index contributed by atoms with van der Waals surface area (Å²) < 4.78 is 0.907. The van der Waals surface area contributed by atoms with Gasteiger partial charge in [0.15, 0.2) is 5.78 Å². The van der Waals surface area contributed by atoms with E-state index in [1.54, 1.807) is 0 Å². The number of carbonyl (C=O) groups excluding carboxylic acids is 1. The van der Waals surface area contributed by atoms with Gasteiger partial charge in [0.05, 0.1) is 5.69 Å². The minimum absolute atomic E-state index is 0.169. The molecule has 6 heteroatoms. The third-order valence-corrected chi connectivity index (χ3v) is 5.60. The van der Waals surface area contributed by atoms with E-state index in [0.29, 0.717) is 25.6 Å². The van der Waals surface area contributed by atoms with Crippen LogP contribution in [0.25, 0.3) is 0 Å². The Balaban J connectivity index is 1.84. The molecule has 3 aliphatic heterocycles. The van der Waals surface area contributed by atoms with Crippen LogP contribution in [0.3, 0.4) is 0 Å². The summed E-state index contributed by atoms with van der Waals surface area (Å²) in [6, 6.07) is 4.32. The van der Waals surface area contributed by atoms with E-state index in [4.69, 9.17) is 0 Å². The molecular weight excluding hydrogens is 348 g/mol. The Hall–Kier alpha value is -1.56. The maximum atomic E-state index is 12.4. The molecule has 4 rings (SSSR count). The molecule has 1 fully saturated rings. The van der Waals surface area contributed by atoms with E-state index in [0.717, 1.165) is 40.7 Å². The summed E-state index contributed by atoms with van der Waals surface area (Å²) in [6.45, 7) is 1.99. The molecule has 5 nitrogen and oxygen atoms in total. The second kappa shape index (κ2) is 4.98. The molecule has 3 heterocycles. The van der Waals surface area contributed by atoms with Crippen LogP contribution in [0.1, 0.15) is 41.1 Å². The molecular formula is C16H17BrN2O3. The second-order valence-corrected chi connectivity index (χ2v) is 7.22. The van der Waals surface area contributed by atoms with E-state index in [2.05, 4.69) is 26.9 Å². The average Bonchev–Trinajstić information content (AvgIpc) is 2.69. The van der Waals surface area contributed by atoms with Gasteiger partial charge in [0.2, 0.25) is 0 Å². The van der Waals surface area contributed by atoms with Crippen molar-refractivity contribution >= 4 is 33.5 Å². The van der Waals surface area contributed by atoms with E-state index in [1.807, 2.05) is 6.07 Å². The lowest BCUT2D eigenvalue weighted by molar-refractivity contribution is 0.0982. The van der Waals surface area contributed by atoms with E-state index < -0.39 is 6.09 Å². The monoisotopic (exact) mass is 364 g/mol. The highest BCUT2D eigenvalue weighted by molar-refractivity contribution is 9.10. The number of ketones is 1. The molecule has 1 aromatic carbocycles. The standard InChI is InChI=1S/C16H17BrN2O3/c17-9-6-10-12-8-18(16(21)22)5-3-13(12)19-4-1-2-14(20)11(7-9)15(10)19/h6-7,12-13H,1-5,8H2,(H,21,22)/t12-,13-/m0/s1. The number of carboxylic acid groups (broad SMARTS) is 1. The molecule has 0 unspecified atom stereocenters. The van der Waals surface area contributed by atoms with Crippen molar-refractivity contribution in [2.24, 2.45) is 0 Å². The lowest BCUT2D eigenvalue weighted by Crippen LogP contribution is -2.48. The van der Waals surface area contributed by atoms with Crippen molar-refractivity contribution in [1.29, 1.82) is 0 Å². The Labute approximate surface area is 137 Å². The number of hydrogen-bond acceptors (Lipinski definition) is 3. The molecule has 116 valence electrons. The zero-order chi connectivity index (χ0) is 15.4. The van der Waals surface area contributed by atoms with Crippen molar-refractivity contribution in [2.75, 3.05) is 24.5 Å². The molecule has 0 aliphatic carbocycles. The normalized spacial score (nSPS) is 26.5. The van der Waals surface area contributed by atoms with Crippen LogP contribution >= 0.6 is 15.9 Å². The molecule has 0 bridgehead atoms. The molecule has 1 saturated heterocycles. The van der Waals surface area contributed by atoms with Crippen LogP contribution in [-0.2, 0) is 0 Å². The van der Waals surface area contributed by atoms with Crippen molar-refractivity contribution < 1.29 is 14.7 Å². The summed E-state index contributed by atoms with van der Waals surface area (Å²) in [5.41, 5.74) is 3.00. The van der Waals surface area contributed by atoms with E-state index in [1.165, 1.54) is 4.90 Å². The summed E-state index contributed by atoms with van der Waals surface area (Å²) in [5.74, 6) is 0.371. The molecule has 0 saturated carbocycles. The van der Waals surface area contributed by atoms with Crippen molar-refractivity contribution in [3.05, 3.63) is 27.7 Å². The smallest absolute Gasteiger partial charge is 0.407 e. The SMILES string of the molecule is O=C1CCCN2c3c1cc(Br)cc3[C@@H]1CN(C(=O)O)CC[C@@H]12. The highest BCUT2D eigenvalue weighted by atomic mass is 79.9. The van der Waals surface area contributed by atoms with Gasteiger partial charge in [-0.25, -0.2) is 4.79 Å². The average molecular weight is 365 g/mol. The summed E-state index contributed by atoms with van der Waals surface area (Å²) in [7, 11) is 0. The van der Waals surface area contributed by atoms with Crippen LogP contribution in [0.4, 0.5) is 10.5 Å². The van der Waals surface area contributed by atoms with Gasteiger partial charge in [0.1, 0.15) is 0 Å². The van der Waals surface area contributed by atoms with Gasteiger partial charge in [0, 0.05) is 48.1 Å². The Morgan fingerprint density at radius 1 is 1.32 bits per heavy atom. The third-order valence-electron chi connectivity index (χ3n) is 5.14. The second-order valence-electron chi connectivity index (χ2n) is 6.30. The van der Waals surface area contributed by atoms with Crippen molar-refractivity contribution in [3.8, 4) is 0 Å². The van der Waals surface area contributed by atoms with Gasteiger partial charge in [-0.1, -0.05) is 15.9 Å². The third kappa shape index (κ3) is 1.96. The van der Waals surface area contributed by atoms with Gasteiger partial charge in [-0.05, 0) is 30.5 Å². The molecule has 2 atom stereocenters. The van der Waals surface area contributed by atoms with E-state index in [9.17, 15) is 14.7 Å². The van der Waals surface area contributed by atoms with Gasteiger partial charge in [-0.3, -0.25) is 4.79 Å². The van der Waals surface area contributed by atoms with E-state index >= 15 is 0 Å². The van der Waals surface area contributed by atoms with Crippen LogP contribution in [0, 0.1) is 0 Å². The zero-order valence-electron chi connectivity index (χ0n) is 12.1. The number of hydrogen-bond donors (Lipinski definition) is 1. The number of nitrogens with zero attached hydrogens (tertiary/aromatic N) is 2. The van der Waals surface area contributed by atoms with Gasteiger partial charge in [-0.2, -0.15) is 0 Å². The molecule has 1 amide bonds. The topological polar surface area (TPSA) is 60.9 Å². The first-order chi connectivity index (χ1) is 10.6. The van der Waals surface area contributed by atoms with Crippen LogP contribution in [0.5, 0.6) is 0 Å². The number of fused-ring (bicyclic) bond motifs is 3. The minimum Gasteiger partial charge on any atom is -0.465 e. The Bertz CT molecular complexity index is 676. The summed E-state index contributed by atoms with van der Waals surface area (Å²) >= 11 is 3.51. The number of halogens is 1. The van der Waals surface area contributed by atoms with Crippen molar-refractivity contribution in [1.82, 2.24) is 4.90 Å². The number of likely N-dealkylation sites (tertiary alicyclic amines) is 1. The predicted molar refractivity (Wildman–Crippen MR) is 85.8 cm³/mol. The summed E-state index contributed by atoms with van der Waals surface area (Å²) in [5, 5.41) is 9.29. The number of benzene rings is 1. The molecule has 22 heavy (non-hydrogen) atoms. The largest absolute Gasteiger partial charge is 0.465 e. The van der Waals surface area contributed by atoms with Crippen LogP contribution in [-0.4, -0.2) is 47.6 Å². The Kier molecular flexibility index (Phi) is 3.18. The molecule has 1 N–H and O–H groups in total. The highest BCUT2D eigenvalue weighted by Gasteiger charge is 2.45. The number of Topliss-reactive ketones (excluding diaryl/α,β-unsaturated/α-hetero) is 1. The molecule has 3 aliphatic rings. The summed E-state index contributed by atoms with van der Waals surface area (Å²) in [4.78, 5) is 27.6. The van der Waals surface area contributed by atoms with Crippen molar-refractivity contribution in [2.45, 2.75) is 31.2 Å². The fraction of sp³-hybridized carbons (Fsp3) is 0.500. The Morgan fingerprint density at radius 3 is 2.91 bits per heavy atom. The minimum atomic E-state index is -0.850. The van der Waals surface area contributed by atoms with E-state index in [-0.39, 0.29) is 11.7 Å². The first kappa shape index (κ1) is 14.1. The zero-order valence-corrected chi connectivity index (χ0v) is 13.7. The van der Waals surface area contributed by atoms with Gasteiger partial charge >= 0.3 is 6.09 Å². The first-order valence-electron chi connectivity index (χ1n) is 7.67. The lowest BCUT2D eigenvalue weighted by Gasteiger charge is -2.37. The number of rotatable bonds is 0. The lowest BCUT2D eigenvalue weighted by atomic mass is 9.88. The fourth-order valence-electron chi connectivity index (χ4n) is 4.22. The van der Waals surface area contributed by atoms with Crippen molar-refractivity contribution in [3.63, 3.8) is 0 Å². The van der Waals surface area contributed by atoms with Gasteiger partial charge in [-0.15, -0.1) is 0 Å². The maximum Gasteiger partial charge on any atom is 0.407 e. The first-order valence-corrected chi connectivity index (χ1v) is 8.46. The summed E-state index contributed by atoms with van der Waals surface area (Å²) in [6.07, 6.45) is 1.45. The molecule has 1 aromatic rings. The number of piperidine rings is 1. The predicted octanol–water partition coefficient (Wildman–Crippen LogP) is 3.08. The van der Waals surface area contributed by atoms with Gasteiger partial charge < -0.3 is 14.9 Å².